The fourth-order valence-corrected chi connectivity index (χ4v) is 9.90. The van der Waals surface area contributed by atoms with Crippen LogP contribution in [0.1, 0.15) is 49.9 Å². The molecule has 0 unspecified atom stereocenters. The lowest BCUT2D eigenvalue weighted by Crippen LogP contribution is -2.17. The van der Waals surface area contributed by atoms with E-state index in [0.29, 0.717) is 0 Å². The summed E-state index contributed by atoms with van der Waals surface area (Å²) in [5, 5.41) is 2.57. The topological polar surface area (TPSA) is 8.17 Å². The molecule has 2 aliphatic rings. The number of nitrogens with zero attached hydrogens (tertiary/aromatic N) is 2. The van der Waals surface area contributed by atoms with Crippen LogP contribution < -0.4 is 4.90 Å². The van der Waals surface area contributed by atoms with E-state index in [2.05, 4.69) is 219 Å². The number of para-hydroxylation sites is 3. The van der Waals surface area contributed by atoms with Gasteiger partial charge in [0, 0.05) is 44.4 Å². The molecular weight excluding hydrogens is 677 g/mol. The van der Waals surface area contributed by atoms with Crippen LogP contribution >= 0.6 is 0 Å². The summed E-state index contributed by atoms with van der Waals surface area (Å²) in [5.41, 5.74) is 20.2. The minimum absolute atomic E-state index is 0.0282. The van der Waals surface area contributed by atoms with Crippen molar-refractivity contribution in [2.45, 2.75) is 38.5 Å². The summed E-state index contributed by atoms with van der Waals surface area (Å²) >= 11 is 0. The zero-order chi connectivity index (χ0) is 37.8. The Morgan fingerprint density at radius 1 is 0.357 bits per heavy atom. The number of aromatic nitrogens is 1. The molecule has 0 bridgehead atoms. The summed E-state index contributed by atoms with van der Waals surface area (Å²) in [4.78, 5) is 2.40. The first-order chi connectivity index (χ1) is 27.3. The fourth-order valence-electron chi connectivity index (χ4n) is 9.90. The van der Waals surface area contributed by atoms with Crippen molar-refractivity contribution in [3.63, 3.8) is 0 Å². The highest BCUT2D eigenvalue weighted by Crippen LogP contribution is 2.52. The van der Waals surface area contributed by atoms with Gasteiger partial charge in [0.05, 0.1) is 11.0 Å². The average Bonchev–Trinajstić information content (AvgIpc) is 3.78. The second-order valence-electron chi connectivity index (χ2n) is 16.6. The van der Waals surface area contributed by atoms with Gasteiger partial charge in [0.15, 0.2) is 0 Å². The van der Waals surface area contributed by atoms with Gasteiger partial charge in [0.1, 0.15) is 0 Å². The molecule has 0 spiro atoms. The number of fused-ring (bicyclic) bond motifs is 9. The second-order valence-corrected chi connectivity index (χ2v) is 16.6. The molecule has 0 radical (unpaired) electrons. The first-order valence-corrected chi connectivity index (χ1v) is 19.8. The van der Waals surface area contributed by atoms with Gasteiger partial charge in [-0.1, -0.05) is 143 Å². The summed E-state index contributed by atoms with van der Waals surface area (Å²) in [6, 6.07) is 67.4. The van der Waals surface area contributed by atoms with Gasteiger partial charge in [0.2, 0.25) is 0 Å². The van der Waals surface area contributed by atoms with Gasteiger partial charge in [-0.05, 0) is 122 Å². The highest BCUT2D eigenvalue weighted by Gasteiger charge is 2.37. The highest BCUT2D eigenvalue weighted by atomic mass is 15.1. The van der Waals surface area contributed by atoms with Crippen LogP contribution in [-0.2, 0) is 10.8 Å². The number of benzene rings is 8. The molecule has 9 aromatic rings. The predicted molar refractivity (Wildman–Crippen MR) is 236 cm³/mol. The summed E-state index contributed by atoms with van der Waals surface area (Å²) in [7, 11) is 0. The van der Waals surface area contributed by atoms with Crippen molar-refractivity contribution < 1.29 is 0 Å². The summed E-state index contributed by atoms with van der Waals surface area (Å²) in [5.74, 6) is 0. The van der Waals surface area contributed by atoms with Crippen molar-refractivity contribution in [3.05, 3.63) is 204 Å². The van der Waals surface area contributed by atoms with Crippen LogP contribution in [0, 0.1) is 0 Å². The van der Waals surface area contributed by atoms with Crippen molar-refractivity contribution in [2.75, 3.05) is 4.90 Å². The molecule has 11 rings (SSSR count). The van der Waals surface area contributed by atoms with E-state index in [1.165, 1.54) is 83.1 Å². The molecule has 2 nitrogen and oxygen atoms in total. The standard InChI is InChI=1S/C54H42N2/c1-53(2)47-19-11-8-16-41(47)42-29-24-36(32-48(42)53)35-22-25-38(26-23-35)55(37-14-6-5-7-15-37)39-27-30-43-44-31-28-40(34-50(44)54(3,4)49(43)33-39)56-51-20-12-9-17-45(51)46-18-10-13-21-52(46)56/h5-34H,1-4H3. The lowest BCUT2D eigenvalue weighted by Gasteiger charge is -2.28. The third-order valence-corrected chi connectivity index (χ3v) is 12.8. The molecular formula is C54H42N2. The molecule has 268 valence electrons. The monoisotopic (exact) mass is 718 g/mol. The maximum atomic E-state index is 2.43. The molecule has 0 amide bonds. The van der Waals surface area contributed by atoms with Crippen molar-refractivity contribution in [3.8, 4) is 39.1 Å². The molecule has 2 aliphatic carbocycles. The Morgan fingerprint density at radius 3 is 1.55 bits per heavy atom. The summed E-state index contributed by atoms with van der Waals surface area (Å²) in [6.07, 6.45) is 0. The Balaban J connectivity index is 0.974. The van der Waals surface area contributed by atoms with Gasteiger partial charge in [-0.2, -0.15) is 0 Å². The van der Waals surface area contributed by atoms with E-state index in [9.17, 15) is 0 Å². The molecule has 1 aromatic heterocycles. The third kappa shape index (κ3) is 4.69. The molecule has 0 N–H and O–H groups in total. The van der Waals surface area contributed by atoms with Crippen LogP contribution in [0.3, 0.4) is 0 Å². The second kappa shape index (κ2) is 11.9. The largest absolute Gasteiger partial charge is 0.310 e. The molecule has 0 aliphatic heterocycles. The lowest BCUT2D eigenvalue weighted by molar-refractivity contribution is 0.660. The third-order valence-electron chi connectivity index (χ3n) is 12.8. The van der Waals surface area contributed by atoms with Crippen LogP contribution in [0.15, 0.2) is 182 Å². The van der Waals surface area contributed by atoms with E-state index in [1.807, 2.05) is 0 Å². The molecule has 0 atom stereocenters. The Kier molecular flexibility index (Phi) is 6.98. The highest BCUT2D eigenvalue weighted by molar-refractivity contribution is 6.09. The predicted octanol–water partition coefficient (Wildman–Crippen LogP) is 14.5. The van der Waals surface area contributed by atoms with Gasteiger partial charge in [-0.15, -0.1) is 0 Å². The van der Waals surface area contributed by atoms with Crippen LogP contribution in [0.2, 0.25) is 0 Å². The van der Waals surface area contributed by atoms with Crippen LogP contribution in [0.25, 0.3) is 60.9 Å². The summed E-state index contributed by atoms with van der Waals surface area (Å²) < 4.78 is 2.43. The Morgan fingerprint density at radius 2 is 0.839 bits per heavy atom. The minimum Gasteiger partial charge on any atom is -0.310 e. The van der Waals surface area contributed by atoms with E-state index in [4.69, 9.17) is 0 Å². The SMILES string of the molecule is CC1(C)c2ccccc2-c2ccc(-c3ccc(N(c4ccccc4)c4ccc5c(c4)C(C)(C)c4cc(-n6c7ccccc7c7ccccc76)ccc4-5)cc3)cc21. The fraction of sp³-hybridized carbons (Fsp3) is 0.111. The van der Waals surface area contributed by atoms with Crippen molar-refractivity contribution >= 4 is 38.9 Å². The molecule has 0 saturated heterocycles. The first-order valence-electron chi connectivity index (χ1n) is 19.8. The smallest absolute Gasteiger partial charge is 0.0541 e. The van der Waals surface area contributed by atoms with E-state index in [-0.39, 0.29) is 10.8 Å². The quantitative estimate of drug-likeness (QED) is 0.172. The van der Waals surface area contributed by atoms with Gasteiger partial charge < -0.3 is 9.47 Å². The van der Waals surface area contributed by atoms with Crippen LogP contribution in [-0.4, -0.2) is 4.57 Å². The maximum Gasteiger partial charge on any atom is 0.0541 e. The van der Waals surface area contributed by atoms with E-state index < -0.39 is 0 Å². The van der Waals surface area contributed by atoms with E-state index in [1.54, 1.807) is 0 Å². The average molecular weight is 719 g/mol. The van der Waals surface area contributed by atoms with E-state index in [0.717, 1.165) is 17.1 Å². The number of anilines is 3. The molecule has 8 aromatic carbocycles. The van der Waals surface area contributed by atoms with Crippen LogP contribution in [0.5, 0.6) is 0 Å². The Labute approximate surface area is 328 Å². The Hall–Kier alpha value is -6.64. The first kappa shape index (κ1) is 32.8. The van der Waals surface area contributed by atoms with Gasteiger partial charge in [-0.3, -0.25) is 0 Å². The molecule has 56 heavy (non-hydrogen) atoms. The van der Waals surface area contributed by atoms with Gasteiger partial charge in [-0.25, -0.2) is 0 Å². The van der Waals surface area contributed by atoms with Gasteiger partial charge in [0.25, 0.3) is 0 Å². The number of hydrogen-bond donors (Lipinski definition) is 0. The molecule has 1 heterocycles. The van der Waals surface area contributed by atoms with Gasteiger partial charge >= 0.3 is 0 Å². The Bertz CT molecular complexity index is 2960. The molecule has 0 saturated carbocycles. The number of hydrogen-bond acceptors (Lipinski definition) is 1. The van der Waals surface area contributed by atoms with Crippen molar-refractivity contribution in [1.82, 2.24) is 4.57 Å². The number of rotatable bonds is 5. The van der Waals surface area contributed by atoms with Crippen molar-refractivity contribution in [1.29, 1.82) is 0 Å². The summed E-state index contributed by atoms with van der Waals surface area (Å²) in [6.45, 7) is 9.47. The normalized spacial score (nSPS) is 14.4. The minimum atomic E-state index is -0.192. The zero-order valence-electron chi connectivity index (χ0n) is 32.2. The zero-order valence-corrected chi connectivity index (χ0v) is 32.2. The maximum absolute atomic E-state index is 2.43. The molecule has 0 fully saturated rings. The van der Waals surface area contributed by atoms with E-state index >= 15 is 0 Å². The lowest BCUT2D eigenvalue weighted by atomic mass is 9.81. The van der Waals surface area contributed by atoms with Crippen LogP contribution in [0.4, 0.5) is 17.1 Å². The van der Waals surface area contributed by atoms with Crippen molar-refractivity contribution in [2.24, 2.45) is 0 Å². The molecule has 2 heteroatoms.